The van der Waals surface area contributed by atoms with Gasteiger partial charge in [0.25, 0.3) is 0 Å². The monoisotopic (exact) mass is 560 g/mol. The molecule has 16 nitrogen and oxygen atoms in total. The number of rotatable bonds is 21. The SMILES string of the molecule is CC(NC(=O)C(N)CCCCN)C(=O)NC(CCCCN)C(=O)NC(CO)C(=O)NC(CCC(N)=O)C(=O)O. The highest BCUT2D eigenvalue weighted by Crippen LogP contribution is 2.04. The summed E-state index contributed by atoms with van der Waals surface area (Å²) in [6, 6.07) is -6.07. The molecule has 0 spiro atoms. The number of hydrogen-bond acceptors (Lipinski definition) is 10. The largest absolute Gasteiger partial charge is 0.480 e. The highest BCUT2D eigenvalue weighted by atomic mass is 16.4. The lowest BCUT2D eigenvalue weighted by atomic mass is 10.1. The topological polar surface area (TPSA) is 295 Å². The molecule has 5 unspecified atom stereocenters. The van der Waals surface area contributed by atoms with E-state index in [1.54, 1.807) is 0 Å². The fraction of sp³-hybridized carbons (Fsp3) is 0.739. The van der Waals surface area contributed by atoms with Crippen molar-refractivity contribution < 1.29 is 39.0 Å². The number of carboxylic acid groups (broad SMARTS) is 1. The molecule has 0 heterocycles. The van der Waals surface area contributed by atoms with Crippen LogP contribution in [-0.4, -0.2) is 95.6 Å². The fourth-order valence-corrected chi connectivity index (χ4v) is 3.37. The lowest BCUT2D eigenvalue weighted by Crippen LogP contribution is -2.58. The second kappa shape index (κ2) is 19.7. The first-order valence-corrected chi connectivity index (χ1v) is 12.9. The molecule has 14 N–H and O–H groups in total. The molecule has 0 radical (unpaired) electrons. The van der Waals surface area contributed by atoms with E-state index in [1.807, 2.05) is 0 Å². The zero-order valence-corrected chi connectivity index (χ0v) is 22.3. The van der Waals surface area contributed by atoms with E-state index in [4.69, 9.17) is 22.9 Å². The van der Waals surface area contributed by atoms with Crippen LogP contribution in [0.2, 0.25) is 0 Å². The highest BCUT2D eigenvalue weighted by Gasteiger charge is 2.30. The number of nitrogens with one attached hydrogen (secondary N) is 4. The van der Waals surface area contributed by atoms with Crippen molar-refractivity contribution in [1.29, 1.82) is 0 Å². The van der Waals surface area contributed by atoms with Gasteiger partial charge in [-0.05, 0) is 58.5 Å². The van der Waals surface area contributed by atoms with Gasteiger partial charge in [-0.15, -0.1) is 0 Å². The average molecular weight is 561 g/mol. The molecule has 0 aliphatic carbocycles. The number of carboxylic acids is 1. The highest BCUT2D eigenvalue weighted by molar-refractivity contribution is 5.95. The van der Waals surface area contributed by atoms with Crippen LogP contribution in [0, 0.1) is 0 Å². The van der Waals surface area contributed by atoms with Crippen LogP contribution in [-0.2, 0) is 28.8 Å². The molecule has 0 bridgehead atoms. The van der Waals surface area contributed by atoms with Crippen LogP contribution in [0.5, 0.6) is 0 Å². The van der Waals surface area contributed by atoms with Gasteiger partial charge in [0.05, 0.1) is 12.6 Å². The number of aliphatic carboxylic acids is 1. The summed E-state index contributed by atoms with van der Waals surface area (Å²) < 4.78 is 0. The van der Waals surface area contributed by atoms with Crippen LogP contribution in [0.4, 0.5) is 0 Å². The van der Waals surface area contributed by atoms with E-state index in [1.165, 1.54) is 6.92 Å². The summed E-state index contributed by atoms with van der Waals surface area (Å²) in [6.45, 7) is 1.34. The standard InChI is InChI=1S/C23H44N8O8/c1-13(28-20(35)14(26)6-2-4-10-24)19(34)29-15(7-3-5-11-25)21(36)31-17(12-32)22(37)30-16(23(38)39)8-9-18(27)33/h13-17,32H,2-12,24-26H2,1H3,(H2,27,33)(H,28,35)(H,29,34)(H,30,37)(H,31,36)(H,38,39). The number of nitrogens with two attached hydrogens (primary N) is 4. The second-order valence-corrected chi connectivity index (χ2v) is 9.12. The van der Waals surface area contributed by atoms with Gasteiger partial charge in [0.1, 0.15) is 24.2 Å². The number of aliphatic hydroxyl groups is 1. The summed E-state index contributed by atoms with van der Waals surface area (Å²) in [5.41, 5.74) is 21.8. The van der Waals surface area contributed by atoms with E-state index in [9.17, 15) is 39.0 Å². The molecular formula is C23H44N8O8. The van der Waals surface area contributed by atoms with Crippen LogP contribution in [0.3, 0.4) is 0 Å². The van der Waals surface area contributed by atoms with Gasteiger partial charge in [0.15, 0.2) is 0 Å². The number of carbonyl (C=O) groups excluding carboxylic acids is 5. The first-order valence-electron chi connectivity index (χ1n) is 12.9. The molecule has 16 heteroatoms. The molecule has 39 heavy (non-hydrogen) atoms. The Balaban J connectivity index is 5.29. The van der Waals surface area contributed by atoms with E-state index in [2.05, 4.69) is 21.3 Å². The zero-order chi connectivity index (χ0) is 30.0. The van der Waals surface area contributed by atoms with Crippen LogP contribution < -0.4 is 44.2 Å². The third-order valence-electron chi connectivity index (χ3n) is 5.75. The number of aliphatic hydroxyl groups excluding tert-OH is 1. The van der Waals surface area contributed by atoms with Gasteiger partial charge < -0.3 is 54.4 Å². The fourth-order valence-electron chi connectivity index (χ4n) is 3.37. The van der Waals surface area contributed by atoms with E-state index in [0.717, 1.165) is 0 Å². The van der Waals surface area contributed by atoms with Crippen molar-refractivity contribution in [2.75, 3.05) is 19.7 Å². The van der Waals surface area contributed by atoms with E-state index >= 15 is 0 Å². The molecule has 0 aliphatic rings. The lowest BCUT2D eigenvalue weighted by molar-refractivity contribution is -0.143. The lowest BCUT2D eigenvalue weighted by Gasteiger charge is -2.25. The average Bonchev–Trinajstić information content (AvgIpc) is 2.88. The van der Waals surface area contributed by atoms with Crippen molar-refractivity contribution in [3.63, 3.8) is 0 Å². The van der Waals surface area contributed by atoms with Crippen molar-refractivity contribution in [3.8, 4) is 0 Å². The third kappa shape index (κ3) is 15.0. The van der Waals surface area contributed by atoms with Crippen LogP contribution >= 0.6 is 0 Å². The van der Waals surface area contributed by atoms with Gasteiger partial charge in [0, 0.05) is 6.42 Å². The Labute approximate surface area is 227 Å². The second-order valence-electron chi connectivity index (χ2n) is 9.12. The van der Waals surface area contributed by atoms with Gasteiger partial charge in [-0.3, -0.25) is 24.0 Å². The van der Waals surface area contributed by atoms with Crippen molar-refractivity contribution >= 4 is 35.5 Å². The number of hydrogen-bond donors (Lipinski definition) is 10. The molecule has 0 aromatic rings. The maximum atomic E-state index is 12.9. The molecule has 5 amide bonds. The van der Waals surface area contributed by atoms with Crippen LogP contribution in [0.1, 0.15) is 58.3 Å². The Bertz CT molecular complexity index is 828. The number of carbonyl (C=O) groups is 6. The van der Waals surface area contributed by atoms with Crippen molar-refractivity contribution in [2.45, 2.75) is 88.5 Å². The summed E-state index contributed by atoms with van der Waals surface area (Å²) in [6.07, 6.45) is 2.23. The summed E-state index contributed by atoms with van der Waals surface area (Å²) >= 11 is 0. The van der Waals surface area contributed by atoms with E-state index < -0.39 is 72.3 Å². The molecule has 0 aromatic heterocycles. The van der Waals surface area contributed by atoms with Gasteiger partial charge in [-0.1, -0.05) is 6.42 Å². The molecule has 224 valence electrons. The number of primary amides is 1. The normalized spacial score (nSPS) is 14.7. The minimum atomic E-state index is -1.55. The van der Waals surface area contributed by atoms with Gasteiger partial charge in [-0.2, -0.15) is 0 Å². The molecule has 0 aliphatic heterocycles. The Hall–Kier alpha value is -3.34. The van der Waals surface area contributed by atoms with E-state index in [-0.39, 0.29) is 19.3 Å². The molecule has 0 saturated heterocycles. The quantitative estimate of drug-likeness (QED) is 0.0601. The Kier molecular flexibility index (Phi) is 18.0. The number of unbranched alkanes of at least 4 members (excludes halogenated alkanes) is 2. The Morgan fingerprint density at radius 2 is 1.21 bits per heavy atom. The number of amides is 5. The van der Waals surface area contributed by atoms with E-state index in [0.29, 0.717) is 45.2 Å². The predicted octanol–water partition coefficient (Wildman–Crippen LogP) is -4.13. The Morgan fingerprint density at radius 3 is 1.72 bits per heavy atom. The van der Waals surface area contributed by atoms with Gasteiger partial charge in [0.2, 0.25) is 29.5 Å². The van der Waals surface area contributed by atoms with Crippen molar-refractivity contribution in [2.24, 2.45) is 22.9 Å². The molecule has 5 atom stereocenters. The first-order chi connectivity index (χ1) is 18.4. The van der Waals surface area contributed by atoms with Gasteiger partial charge in [-0.25, -0.2) is 4.79 Å². The van der Waals surface area contributed by atoms with Crippen LogP contribution in [0.15, 0.2) is 0 Å². The summed E-state index contributed by atoms with van der Waals surface area (Å²) in [7, 11) is 0. The molecule has 0 rings (SSSR count). The van der Waals surface area contributed by atoms with Crippen LogP contribution in [0.25, 0.3) is 0 Å². The third-order valence-corrected chi connectivity index (χ3v) is 5.75. The minimum Gasteiger partial charge on any atom is -0.480 e. The Morgan fingerprint density at radius 1 is 0.692 bits per heavy atom. The zero-order valence-electron chi connectivity index (χ0n) is 22.3. The summed E-state index contributed by atoms with van der Waals surface area (Å²) in [5.74, 6) is -5.27. The van der Waals surface area contributed by atoms with Gasteiger partial charge >= 0.3 is 5.97 Å². The maximum Gasteiger partial charge on any atom is 0.326 e. The van der Waals surface area contributed by atoms with Crippen molar-refractivity contribution in [1.82, 2.24) is 21.3 Å². The molecular weight excluding hydrogens is 516 g/mol. The minimum absolute atomic E-state index is 0.129. The molecule has 0 saturated carbocycles. The molecule has 0 fully saturated rings. The summed E-state index contributed by atoms with van der Waals surface area (Å²) in [4.78, 5) is 72.8. The summed E-state index contributed by atoms with van der Waals surface area (Å²) in [5, 5.41) is 28.3. The molecule has 0 aromatic carbocycles. The maximum absolute atomic E-state index is 12.9. The predicted molar refractivity (Wildman–Crippen MR) is 140 cm³/mol. The first kappa shape index (κ1) is 35.7. The smallest absolute Gasteiger partial charge is 0.326 e. The van der Waals surface area contributed by atoms with Crippen molar-refractivity contribution in [3.05, 3.63) is 0 Å².